The Balaban J connectivity index is 1.41. The Morgan fingerprint density at radius 1 is 0.960 bits per heavy atom. The number of amides is 1. The topological polar surface area (TPSA) is 60.9 Å². The molecule has 1 aromatic carbocycles. The number of nitrogens with zero attached hydrogens (tertiary/aromatic N) is 2. The minimum atomic E-state index is -0.787. The number of fused-ring (bicyclic) bond motifs is 2. The smallest absolute Gasteiger partial charge is 0.307 e. The summed E-state index contributed by atoms with van der Waals surface area (Å²) < 4.78 is 0. The van der Waals surface area contributed by atoms with Crippen molar-refractivity contribution in [2.24, 2.45) is 23.7 Å². The molecule has 25 heavy (non-hydrogen) atoms. The van der Waals surface area contributed by atoms with Gasteiger partial charge in [0.05, 0.1) is 11.8 Å². The molecule has 4 rings (SSSR count). The fourth-order valence-electron chi connectivity index (χ4n) is 5.05. The molecule has 2 bridgehead atoms. The molecular formula is C19H23ClN2O3. The van der Waals surface area contributed by atoms with Crippen molar-refractivity contribution < 1.29 is 14.7 Å². The summed E-state index contributed by atoms with van der Waals surface area (Å²) in [6.07, 6.45) is 2.89. The first-order valence-electron chi connectivity index (χ1n) is 9.06. The lowest BCUT2D eigenvalue weighted by atomic mass is 9.78. The maximum atomic E-state index is 13.0. The van der Waals surface area contributed by atoms with Crippen molar-refractivity contribution in [3.63, 3.8) is 0 Å². The van der Waals surface area contributed by atoms with Crippen LogP contribution < -0.4 is 4.90 Å². The van der Waals surface area contributed by atoms with E-state index in [2.05, 4.69) is 4.90 Å². The van der Waals surface area contributed by atoms with Crippen molar-refractivity contribution in [1.82, 2.24) is 4.90 Å². The Labute approximate surface area is 152 Å². The number of hydrogen-bond donors (Lipinski definition) is 1. The number of carbonyl (C=O) groups is 2. The minimum Gasteiger partial charge on any atom is -0.481 e. The zero-order valence-electron chi connectivity index (χ0n) is 14.1. The van der Waals surface area contributed by atoms with E-state index in [9.17, 15) is 14.7 Å². The van der Waals surface area contributed by atoms with Crippen LogP contribution in [0.25, 0.3) is 0 Å². The number of carbonyl (C=O) groups excluding carboxylic acids is 1. The van der Waals surface area contributed by atoms with Crippen molar-refractivity contribution in [3.05, 3.63) is 29.3 Å². The molecule has 1 saturated heterocycles. The summed E-state index contributed by atoms with van der Waals surface area (Å²) in [6.45, 7) is 2.85. The molecule has 0 spiro atoms. The molecule has 5 nitrogen and oxygen atoms in total. The fraction of sp³-hybridized carbons (Fsp3) is 0.579. The van der Waals surface area contributed by atoms with Crippen molar-refractivity contribution in [3.8, 4) is 0 Å². The van der Waals surface area contributed by atoms with E-state index in [0.717, 1.165) is 38.0 Å². The summed E-state index contributed by atoms with van der Waals surface area (Å²) in [6, 6.07) is 7.74. The maximum absolute atomic E-state index is 13.0. The summed E-state index contributed by atoms with van der Waals surface area (Å²) in [5.41, 5.74) is 1.11. The Morgan fingerprint density at radius 3 is 2.16 bits per heavy atom. The third-order valence-electron chi connectivity index (χ3n) is 6.27. The lowest BCUT2D eigenvalue weighted by molar-refractivity contribution is -0.153. The summed E-state index contributed by atoms with van der Waals surface area (Å²) >= 11 is 5.94. The molecule has 2 aliphatic carbocycles. The van der Waals surface area contributed by atoms with Crippen LogP contribution in [0.1, 0.15) is 19.3 Å². The Kier molecular flexibility index (Phi) is 4.36. The average molecular weight is 363 g/mol. The van der Waals surface area contributed by atoms with Crippen LogP contribution in [-0.4, -0.2) is 48.1 Å². The molecule has 1 aromatic rings. The van der Waals surface area contributed by atoms with Crippen LogP contribution in [0.2, 0.25) is 5.02 Å². The van der Waals surface area contributed by atoms with Crippen LogP contribution in [0.5, 0.6) is 0 Å². The molecule has 4 atom stereocenters. The predicted molar refractivity (Wildman–Crippen MR) is 95.7 cm³/mol. The number of rotatable bonds is 3. The van der Waals surface area contributed by atoms with Crippen molar-refractivity contribution in [1.29, 1.82) is 0 Å². The van der Waals surface area contributed by atoms with E-state index in [-0.39, 0.29) is 23.7 Å². The lowest BCUT2D eigenvalue weighted by Crippen LogP contribution is -2.52. The van der Waals surface area contributed by atoms with Gasteiger partial charge in [0.2, 0.25) is 5.91 Å². The van der Waals surface area contributed by atoms with E-state index in [1.807, 2.05) is 29.2 Å². The molecule has 134 valence electrons. The van der Waals surface area contributed by atoms with Gasteiger partial charge < -0.3 is 14.9 Å². The molecule has 1 aliphatic heterocycles. The summed E-state index contributed by atoms with van der Waals surface area (Å²) in [5.74, 6) is -1.03. The number of anilines is 1. The van der Waals surface area contributed by atoms with E-state index < -0.39 is 11.9 Å². The van der Waals surface area contributed by atoms with Gasteiger partial charge in [-0.1, -0.05) is 11.6 Å². The van der Waals surface area contributed by atoms with Gasteiger partial charge in [-0.2, -0.15) is 0 Å². The fourth-order valence-corrected chi connectivity index (χ4v) is 5.18. The first kappa shape index (κ1) is 16.7. The molecular weight excluding hydrogens is 340 g/mol. The van der Waals surface area contributed by atoms with Crippen molar-refractivity contribution in [2.45, 2.75) is 19.3 Å². The second kappa shape index (κ2) is 6.52. The van der Waals surface area contributed by atoms with Gasteiger partial charge in [-0.05, 0) is 55.4 Å². The standard InChI is InChI=1S/C19H23ClN2O3/c20-14-3-5-15(6-4-14)21-7-9-22(10-8-21)18(23)16-12-1-2-13(11-12)17(16)19(24)25/h3-6,12-13,16-17H,1-2,7-11H2,(H,24,25)/t12-,13-,16+,17+/m0/s1. The first-order valence-corrected chi connectivity index (χ1v) is 9.44. The molecule has 6 heteroatoms. The SMILES string of the molecule is O=C(O)[C@@H]1[C@H]2CC[C@@H](C2)[C@H]1C(=O)N1CCN(c2ccc(Cl)cc2)CC1. The molecule has 3 fully saturated rings. The Hall–Kier alpha value is -1.75. The molecule has 0 unspecified atom stereocenters. The van der Waals surface area contributed by atoms with Crippen molar-refractivity contribution in [2.75, 3.05) is 31.1 Å². The molecule has 1 amide bonds. The summed E-state index contributed by atoms with van der Waals surface area (Å²) in [5, 5.41) is 10.3. The molecule has 0 radical (unpaired) electrons. The summed E-state index contributed by atoms with van der Waals surface area (Å²) in [4.78, 5) is 28.8. The van der Waals surface area contributed by atoms with Crippen LogP contribution in [0, 0.1) is 23.7 Å². The van der Waals surface area contributed by atoms with Gasteiger partial charge in [0.15, 0.2) is 0 Å². The average Bonchev–Trinajstić information content (AvgIpc) is 3.23. The van der Waals surface area contributed by atoms with E-state index in [0.29, 0.717) is 18.1 Å². The largest absolute Gasteiger partial charge is 0.481 e. The number of hydrogen-bond acceptors (Lipinski definition) is 3. The van der Waals surface area contributed by atoms with Gasteiger partial charge in [-0.3, -0.25) is 9.59 Å². The molecule has 0 aromatic heterocycles. The van der Waals surface area contributed by atoms with Crippen LogP contribution >= 0.6 is 11.6 Å². The van der Waals surface area contributed by atoms with Crippen molar-refractivity contribution >= 4 is 29.2 Å². The van der Waals surface area contributed by atoms with E-state index >= 15 is 0 Å². The summed E-state index contributed by atoms with van der Waals surface area (Å²) in [7, 11) is 0. The van der Waals surface area contributed by atoms with Crippen LogP contribution in [0.15, 0.2) is 24.3 Å². The third-order valence-corrected chi connectivity index (χ3v) is 6.52. The normalized spacial score (nSPS) is 31.4. The number of halogens is 1. The van der Waals surface area contributed by atoms with Crippen LogP contribution in [0.3, 0.4) is 0 Å². The maximum Gasteiger partial charge on any atom is 0.307 e. The number of piperazine rings is 1. The third kappa shape index (κ3) is 2.99. The Bertz CT molecular complexity index is 670. The highest BCUT2D eigenvalue weighted by atomic mass is 35.5. The molecule has 1 heterocycles. The van der Waals surface area contributed by atoms with E-state index in [4.69, 9.17) is 11.6 Å². The second-order valence-electron chi connectivity index (χ2n) is 7.51. The Morgan fingerprint density at radius 2 is 1.56 bits per heavy atom. The number of benzene rings is 1. The van der Waals surface area contributed by atoms with Gasteiger partial charge in [0, 0.05) is 36.9 Å². The van der Waals surface area contributed by atoms with Crippen LogP contribution in [0.4, 0.5) is 5.69 Å². The number of aliphatic carboxylic acids is 1. The number of carboxylic acids is 1. The van der Waals surface area contributed by atoms with Crippen LogP contribution in [-0.2, 0) is 9.59 Å². The second-order valence-corrected chi connectivity index (χ2v) is 7.95. The molecule has 1 N–H and O–H groups in total. The lowest BCUT2D eigenvalue weighted by Gasteiger charge is -2.39. The van der Waals surface area contributed by atoms with E-state index in [1.54, 1.807) is 0 Å². The molecule has 2 saturated carbocycles. The molecule has 3 aliphatic rings. The first-order chi connectivity index (χ1) is 12.0. The van der Waals surface area contributed by atoms with Gasteiger partial charge in [0.1, 0.15) is 0 Å². The minimum absolute atomic E-state index is 0.0651. The van der Waals surface area contributed by atoms with Gasteiger partial charge in [0.25, 0.3) is 0 Å². The van der Waals surface area contributed by atoms with Gasteiger partial charge >= 0.3 is 5.97 Å². The van der Waals surface area contributed by atoms with Gasteiger partial charge in [-0.25, -0.2) is 0 Å². The highest BCUT2D eigenvalue weighted by Gasteiger charge is 2.54. The zero-order valence-corrected chi connectivity index (χ0v) is 14.9. The predicted octanol–water partition coefficient (Wildman–Crippen LogP) is 2.74. The monoisotopic (exact) mass is 362 g/mol. The van der Waals surface area contributed by atoms with E-state index in [1.165, 1.54) is 0 Å². The highest BCUT2D eigenvalue weighted by Crippen LogP contribution is 2.53. The van der Waals surface area contributed by atoms with Gasteiger partial charge in [-0.15, -0.1) is 0 Å². The quantitative estimate of drug-likeness (QED) is 0.898. The number of carboxylic acid groups (broad SMARTS) is 1. The highest BCUT2D eigenvalue weighted by molar-refractivity contribution is 6.30. The zero-order chi connectivity index (χ0) is 17.6.